The van der Waals surface area contributed by atoms with Crippen LogP contribution in [-0.4, -0.2) is 14.1 Å². The molecule has 0 radical (unpaired) electrons. The van der Waals surface area contributed by atoms with E-state index < -0.39 is 0 Å². The smallest absolute Gasteiger partial charge is 0.268 e. The van der Waals surface area contributed by atoms with E-state index in [9.17, 15) is 0 Å². The first kappa shape index (κ1) is 50.2. The molecule has 1 unspecified atom stereocenters. The van der Waals surface area contributed by atoms with Gasteiger partial charge in [-0.05, 0) is 108 Å². The van der Waals surface area contributed by atoms with Crippen molar-refractivity contribution in [2.24, 2.45) is 5.41 Å². The van der Waals surface area contributed by atoms with Crippen LogP contribution in [0.1, 0.15) is 91.8 Å². The molecule has 3 heterocycles. The molecule has 5 nitrogen and oxygen atoms in total. The van der Waals surface area contributed by atoms with Crippen molar-refractivity contribution in [3.8, 4) is 62.1 Å². The van der Waals surface area contributed by atoms with Gasteiger partial charge in [0.25, 0.3) is 6.33 Å². The van der Waals surface area contributed by atoms with E-state index in [4.69, 9.17) is 9.72 Å². The molecule has 0 fully saturated rings. The number of aromatic nitrogens is 4. The first-order chi connectivity index (χ1) is 35.0. The zero-order valence-corrected chi connectivity index (χ0v) is 46.3. The van der Waals surface area contributed by atoms with Crippen LogP contribution in [0.15, 0.2) is 188 Å². The van der Waals surface area contributed by atoms with E-state index in [-0.39, 0.29) is 37.3 Å². The van der Waals surface area contributed by atoms with Crippen LogP contribution in [0.5, 0.6) is 11.5 Å². The van der Waals surface area contributed by atoms with E-state index in [1.165, 1.54) is 22.3 Å². The largest absolute Gasteiger partial charge is 0.510 e. The van der Waals surface area contributed by atoms with Gasteiger partial charge in [0, 0.05) is 44.3 Å². The summed E-state index contributed by atoms with van der Waals surface area (Å²) in [6.45, 7) is 23.0. The molecule has 6 heteroatoms. The Kier molecular flexibility index (Phi) is 13.2. The van der Waals surface area contributed by atoms with Gasteiger partial charge in [0.1, 0.15) is 5.82 Å². The van der Waals surface area contributed by atoms with Crippen LogP contribution < -0.4 is 9.30 Å². The van der Waals surface area contributed by atoms with Crippen LogP contribution in [0.3, 0.4) is 0 Å². The van der Waals surface area contributed by atoms with Gasteiger partial charge in [-0.15, -0.1) is 29.7 Å². The summed E-state index contributed by atoms with van der Waals surface area (Å²) in [5.74, 6) is 2.33. The molecule has 0 N–H and O–H groups in total. The van der Waals surface area contributed by atoms with Crippen LogP contribution >= 0.6 is 0 Å². The Labute approximate surface area is 451 Å². The molecule has 8 aromatic carbocycles. The molecule has 0 aliphatic rings. The molecule has 0 amide bonds. The third-order valence-electron chi connectivity index (χ3n) is 14.7. The summed E-state index contributed by atoms with van der Waals surface area (Å²) in [6, 6.07) is 72.3. The van der Waals surface area contributed by atoms with E-state index in [1.54, 1.807) is 0 Å². The molecule has 0 aliphatic carbocycles. The van der Waals surface area contributed by atoms with Crippen LogP contribution in [0.25, 0.3) is 83.4 Å². The fourth-order valence-corrected chi connectivity index (χ4v) is 10.0. The number of nitrogens with zero attached hydrogens (tertiary/aromatic N) is 4. The zero-order chi connectivity index (χ0) is 50.8. The fraction of sp³-hybridized carbons (Fsp3) is 0.206. The van der Waals surface area contributed by atoms with Crippen molar-refractivity contribution in [3.63, 3.8) is 0 Å². The molecular formula is C68H62N4OPt-2. The molecule has 3 aromatic heterocycles. The Morgan fingerprint density at radius 2 is 1.16 bits per heavy atom. The van der Waals surface area contributed by atoms with Gasteiger partial charge in [0.15, 0.2) is 0 Å². The van der Waals surface area contributed by atoms with Gasteiger partial charge < -0.3 is 13.9 Å². The predicted octanol–water partition coefficient (Wildman–Crippen LogP) is 17.3. The van der Waals surface area contributed by atoms with Crippen LogP contribution in [0.4, 0.5) is 0 Å². The second-order valence-corrected chi connectivity index (χ2v) is 22.7. The van der Waals surface area contributed by atoms with Gasteiger partial charge in [-0.25, -0.2) is 4.98 Å². The first-order valence-corrected chi connectivity index (χ1v) is 25.5. The Morgan fingerprint density at radius 1 is 0.527 bits per heavy atom. The quantitative estimate of drug-likeness (QED) is 0.107. The number of para-hydroxylation sites is 2. The van der Waals surface area contributed by atoms with E-state index in [1.807, 2.05) is 24.4 Å². The molecular weight excluding hydrogens is 1080 g/mol. The average Bonchev–Trinajstić information content (AvgIpc) is 3.94. The maximum Gasteiger partial charge on any atom is 0.268 e. The van der Waals surface area contributed by atoms with E-state index in [2.05, 4.69) is 265 Å². The third-order valence-corrected chi connectivity index (χ3v) is 14.7. The Morgan fingerprint density at radius 3 is 1.85 bits per heavy atom. The number of pyridine rings is 1. The second kappa shape index (κ2) is 19.5. The number of hydrogen-bond donors (Lipinski definition) is 0. The van der Waals surface area contributed by atoms with Crippen molar-refractivity contribution < 1.29 is 30.4 Å². The average molecular weight is 1150 g/mol. The number of hydrogen-bond acceptors (Lipinski definition) is 2. The minimum atomic E-state index is -0.0604. The Balaban J connectivity index is 0.00000626. The number of benzene rings is 8. The van der Waals surface area contributed by atoms with Gasteiger partial charge in [0.05, 0.1) is 16.7 Å². The summed E-state index contributed by atoms with van der Waals surface area (Å²) >= 11 is 0. The topological polar surface area (TPSA) is 35.9 Å². The summed E-state index contributed by atoms with van der Waals surface area (Å²) in [7, 11) is 0. The van der Waals surface area contributed by atoms with Crippen LogP contribution in [0, 0.1) is 23.9 Å². The second-order valence-electron chi connectivity index (χ2n) is 22.7. The minimum Gasteiger partial charge on any atom is -0.510 e. The molecule has 11 aromatic rings. The standard InChI is InChI=1S/C68H62N4O.Pt/c1-45(66(2,3)4)48-35-36-69-64(40-48)72-60-30-18-17-27-58(60)59-33-32-55(43-62(59)72)73-54-26-19-25-53(42-54)70-44-71(61-34-31-49(39-63(61)70)46-21-13-11-14-22-46)65-56(47-23-15-12-16-24-47)28-20-29-57(65)50-37-51(67(5,6)7)41-52(38-50)68(8,9)10;/h11-41,45H,1-10H3;/q-2;. The maximum absolute atomic E-state index is 6.79. The van der Waals surface area contributed by atoms with Crippen molar-refractivity contribution in [1.82, 2.24) is 14.1 Å². The first-order valence-electron chi connectivity index (χ1n) is 25.5. The minimum absolute atomic E-state index is 0. The molecule has 372 valence electrons. The molecule has 0 saturated heterocycles. The summed E-state index contributed by atoms with van der Waals surface area (Å²) in [6.07, 6.45) is 5.84. The maximum atomic E-state index is 6.79. The monoisotopic (exact) mass is 1150 g/mol. The summed E-state index contributed by atoms with van der Waals surface area (Å²) in [5, 5.41) is 2.22. The number of rotatable bonds is 9. The molecule has 0 bridgehead atoms. The van der Waals surface area contributed by atoms with Gasteiger partial charge >= 0.3 is 0 Å². The van der Waals surface area contributed by atoms with Crippen molar-refractivity contribution in [2.75, 3.05) is 0 Å². The van der Waals surface area contributed by atoms with E-state index >= 15 is 0 Å². The van der Waals surface area contributed by atoms with E-state index in [0.29, 0.717) is 17.4 Å². The van der Waals surface area contributed by atoms with Crippen molar-refractivity contribution in [3.05, 3.63) is 223 Å². The molecule has 74 heavy (non-hydrogen) atoms. The van der Waals surface area contributed by atoms with Crippen molar-refractivity contribution in [2.45, 2.75) is 86.0 Å². The van der Waals surface area contributed by atoms with Gasteiger partial charge in [0.2, 0.25) is 0 Å². The third kappa shape index (κ3) is 9.55. The van der Waals surface area contributed by atoms with Crippen LogP contribution in [-0.2, 0) is 31.9 Å². The summed E-state index contributed by atoms with van der Waals surface area (Å²) in [5.41, 5.74) is 16.4. The zero-order valence-electron chi connectivity index (χ0n) is 44.0. The number of imidazole rings is 1. The predicted molar refractivity (Wildman–Crippen MR) is 302 cm³/mol. The molecule has 1 atom stereocenters. The summed E-state index contributed by atoms with van der Waals surface area (Å²) < 4.78 is 13.4. The Bertz CT molecular complexity index is 3810. The molecule has 0 aliphatic heterocycles. The van der Waals surface area contributed by atoms with Crippen LogP contribution in [0.2, 0.25) is 0 Å². The SMILES string of the molecule is CC(c1ccnc(-n2c3[c-]c(Oc4[c-]c(-n5[c-][n+](-c6c(-c7ccccc7)cccc6-c6cc(C(C)(C)C)cc(C(C)(C)C)c6)c6ccc(-c7ccccc7)cc65)ccc4)ccc3c3ccccc32)c1)C(C)(C)C.[Pt]. The summed E-state index contributed by atoms with van der Waals surface area (Å²) in [4.78, 5) is 4.94. The molecule has 0 saturated carbocycles. The van der Waals surface area contributed by atoms with Gasteiger partial charge in [-0.2, -0.15) is 18.2 Å². The molecule has 0 spiro atoms. The number of ether oxygens (including phenoxy) is 1. The van der Waals surface area contributed by atoms with Crippen molar-refractivity contribution in [1.29, 1.82) is 0 Å². The molecule has 11 rings (SSSR count). The number of fused-ring (bicyclic) bond motifs is 4. The van der Waals surface area contributed by atoms with Crippen molar-refractivity contribution >= 4 is 32.8 Å². The normalized spacial score (nSPS) is 12.6. The van der Waals surface area contributed by atoms with Gasteiger partial charge in [-0.1, -0.05) is 202 Å². The van der Waals surface area contributed by atoms with Gasteiger partial charge in [-0.3, -0.25) is 4.57 Å². The van der Waals surface area contributed by atoms with E-state index in [0.717, 1.165) is 77.8 Å². The Hall–Kier alpha value is -7.33. The fourth-order valence-electron chi connectivity index (χ4n) is 10.0.